The van der Waals surface area contributed by atoms with Crippen LogP contribution in [-0.2, 0) is 19.1 Å². The van der Waals surface area contributed by atoms with Crippen molar-refractivity contribution in [3.63, 3.8) is 0 Å². The second-order valence-electron chi connectivity index (χ2n) is 17.0. The van der Waals surface area contributed by atoms with Gasteiger partial charge in [-0.1, -0.05) is 143 Å². The Morgan fingerprint density at radius 1 is 0.553 bits per heavy atom. The third-order valence-electron chi connectivity index (χ3n) is 12.3. The predicted molar refractivity (Wildman–Crippen MR) is 197 cm³/mol. The van der Waals surface area contributed by atoms with Crippen LogP contribution >= 0.6 is 0 Å². The Bertz CT molecular complexity index is 775. The molecule has 4 fully saturated rings. The lowest BCUT2D eigenvalue weighted by Crippen LogP contribution is -2.47. The van der Waals surface area contributed by atoms with Crippen molar-refractivity contribution in [2.24, 2.45) is 35.0 Å². The summed E-state index contributed by atoms with van der Waals surface area (Å²) in [6, 6.07) is 0. The van der Waals surface area contributed by atoms with Gasteiger partial charge in [0, 0.05) is 6.42 Å². The van der Waals surface area contributed by atoms with Crippen LogP contribution in [-0.4, -0.2) is 25.2 Å². The topological polar surface area (TPSA) is 52.6 Å². The van der Waals surface area contributed by atoms with Crippen molar-refractivity contribution in [1.29, 1.82) is 0 Å². The van der Waals surface area contributed by atoms with Gasteiger partial charge >= 0.3 is 11.9 Å². The van der Waals surface area contributed by atoms with Crippen LogP contribution in [0.4, 0.5) is 0 Å². The molecule has 0 aromatic rings. The average Bonchev–Trinajstić information content (AvgIpc) is 3.02. The number of carbonyl (C=O) groups is 2. The van der Waals surface area contributed by atoms with E-state index in [2.05, 4.69) is 20.8 Å². The third-order valence-corrected chi connectivity index (χ3v) is 12.3. The van der Waals surface area contributed by atoms with E-state index in [1.54, 1.807) is 0 Å². The van der Waals surface area contributed by atoms with E-state index in [0.717, 1.165) is 55.3 Å². The molecule has 1 atom stereocenters. The van der Waals surface area contributed by atoms with Crippen molar-refractivity contribution in [1.82, 2.24) is 0 Å². The molecule has 0 radical (unpaired) electrons. The van der Waals surface area contributed by atoms with Crippen molar-refractivity contribution in [3.8, 4) is 0 Å². The molecule has 4 saturated carbocycles. The van der Waals surface area contributed by atoms with E-state index in [-0.39, 0.29) is 11.9 Å². The van der Waals surface area contributed by atoms with Crippen molar-refractivity contribution < 1.29 is 19.1 Å². The highest BCUT2D eigenvalue weighted by Gasteiger charge is 2.51. The zero-order valence-corrected chi connectivity index (χ0v) is 31.6. The summed E-state index contributed by atoms with van der Waals surface area (Å²) in [6.07, 6.45) is 37.2. The number of hydrogen-bond acceptors (Lipinski definition) is 4. The summed E-state index contributed by atoms with van der Waals surface area (Å²) in [6.45, 7) is 8.21. The second-order valence-corrected chi connectivity index (χ2v) is 17.0. The minimum atomic E-state index is 0.0188. The van der Waals surface area contributed by atoms with Gasteiger partial charge in [-0.05, 0) is 92.8 Å². The molecule has 1 unspecified atom stereocenters. The summed E-state index contributed by atoms with van der Waals surface area (Å²) in [5.41, 5.74) is 0.310. The summed E-state index contributed by atoms with van der Waals surface area (Å²) < 4.78 is 11.3. The van der Waals surface area contributed by atoms with Gasteiger partial charge in [0.25, 0.3) is 0 Å². The minimum absolute atomic E-state index is 0.0188. The lowest BCUT2D eigenvalue weighted by Gasteiger charge is -2.56. The number of unbranched alkanes of at least 4 members (excludes halogenated alkanes) is 13. The van der Waals surface area contributed by atoms with E-state index in [1.165, 1.54) is 154 Å². The van der Waals surface area contributed by atoms with Crippen LogP contribution < -0.4 is 0 Å². The highest BCUT2D eigenvalue weighted by atomic mass is 16.5. The van der Waals surface area contributed by atoms with E-state index < -0.39 is 0 Å². The number of carbonyl (C=O) groups excluding carboxylic acids is 2. The van der Waals surface area contributed by atoms with E-state index >= 15 is 0 Å². The highest BCUT2D eigenvalue weighted by molar-refractivity contribution is 5.70. The van der Waals surface area contributed by atoms with Gasteiger partial charge in [-0.15, -0.1) is 0 Å². The molecule has 0 aromatic heterocycles. The molecule has 274 valence electrons. The average molecular weight is 659 g/mol. The Kier molecular flexibility index (Phi) is 20.7. The molecule has 0 heterocycles. The summed E-state index contributed by atoms with van der Waals surface area (Å²) in [7, 11) is 0. The maximum Gasteiger partial charge on any atom is 0.306 e. The molecule has 4 aliphatic rings. The Morgan fingerprint density at radius 2 is 1.02 bits per heavy atom. The van der Waals surface area contributed by atoms with Gasteiger partial charge in [-0.3, -0.25) is 9.59 Å². The molecule has 0 saturated heterocycles. The smallest absolute Gasteiger partial charge is 0.306 e. The fourth-order valence-corrected chi connectivity index (χ4v) is 10.00. The Balaban J connectivity index is 1.04. The van der Waals surface area contributed by atoms with E-state index in [1.807, 2.05) is 0 Å². The Morgan fingerprint density at radius 3 is 1.57 bits per heavy atom. The van der Waals surface area contributed by atoms with Crippen LogP contribution in [0.25, 0.3) is 0 Å². The molecule has 4 rings (SSSR count). The first kappa shape index (κ1) is 40.4. The molecule has 4 heteroatoms. The quantitative estimate of drug-likeness (QED) is 0.0569. The minimum Gasteiger partial charge on any atom is -0.466 e. The van der Waals surface area contributed by atoms with Crippen LogP contribution in [0.3, 0.4) is 0 Å². The first-order valence-electron chi connectivity index (χ1n) is 21.2. The first-order chi connectivity index (χ1) is 22.9. The zero-order chi connectivity index (χ0) is 33.6. The van der Waals surface area contributed by atoms with Gasteiger partial charge in [0.2, 0.25) is 0 Å². The highest BCUT2D eigenvalue weighted by Crippen LogP contribution is 2.61. The fourth-order valence-electron chi connectivity index (χ4n) is 10.00. The number of rotatable bonds is 30. The molecular formula is C43H78O4. The van der Waals surface area contributed by atoms with Gasteiger partial charge < -0.3 is 9.47 Å². The van der Waals surface area contributed by atoms with Crippen molar-refractivity contribution >= 4 is 11.9 Å². The van der Waals surface area contributed by atoms with Gasteiger partial charge in [0.15, 0.2) is 0 Å². The van der Waals surface area contributed by atoms with Crippen LogP contribution in [0.5, 0.6) is 0 Å². The molecule has 0 aromatic carbocycles. The monoisotopic (exact) mass is 659 g/mol. The molecule has 0 amide bonds. The van der Waals surface area contributed by atoms with Crippen LogP contribution in [0.2, 0.25) is 0 Å². The third kappa shape index (κ3) is 17.4. The summed E-state index contributed by atoms with van der Waals surface area (Å²) in [5, 5.41) is 0. The fraction of sp³-hybridized carbons (Fsp3) is 0.953. The van der Waals surface area contributed by atoms with Crippen molar-refractivity contribution in [3.05, 3.63) is 0 Å². The molecule has 4 nitrogen and oxygen atoms in total. The summed E-state index contributed by atoms with van der Waals surface area (Å²) in [5.74, 6) is 4.39. The number of hydrogen-bond donors (Lipinski definition) is 0. The van der Waals surface area contributed by atoms with Gasteiger partial charge in [0.05, 0.1) is 19.6 Å². The number of esters is 2. The standard InChI is InChI=1S/C43H78O4/c1-4-6-15-23-37(24-16-7-5-2)26-28-47-41(44)25-19-13-10-12-18-22-36(3)21-17-11-8-9-14-20-27-46-42(45)35-43-32-38-29-39(33-43)31-40(30-38)34-43/h36-40H,4-35H2,1-3H3. The van der Waals surface area contributed by atoms with Crippen molar-refractivity contribution in [2.75, 3.05) is 13.2 Å². The maximum absolute atomic E-state index is 12.6. The first-order valence-corrected chi connectivity index (χ1v) is 21.2. The van der Waals surface area contributed by atoms with Gasteiger partial charge in [-0.2, -0.15) is 0 Å². The van der Waals surface area contributed by atoms with E-state index in [4.69, 9.17) is 9.47 Å². The predicted octanol–water partition coefficient (Wildman–Crippen LogP) is 12.9. The van der Waals surface area contributed by atoms with Crippen molar-refractivity contribution in [2.45, 2.75) is 213 Å². The molecule has 47 heavy (non-hydrogen) atoms. The normalized spacial score (nSPS) is 23.8. The molecular weight excluding hydrogens is 580 g/mol. The van der Waals surface area contributed by atoms with Gasteiger partial charge in [0.1, 0.15) is 0 Å². The van der Waals surface area contributed by atoms with Gasteiger partial charge in [-0.25, -0.2) is 0 Å². The lowest BCUT2D eigenvalue weighted by molar-refractivity contribution is -0.152. The molecule has 0 aliphatic heterocycles. The largest absolute Gasteiger partial charge is 0.466 e. The number of ether oxygens (including phenoxy) is 2. The zero-order valence-electron chi connectivity index (χ0n) is 31.6. The summed E-state index contributed by atoms with van der Waals surface area (Å²) >= 11 is 0. The molecule has 4 bridgehead atoms. The molecule has 0 N–H and O–H groups in total. The second kappa shape index (κ2) is 24.2. The van der Waals surface area contributed by atoms with Crippen LogP contribution in [0, 0.1) is 35.0 Å². The lowest BCUT2D eigenvalue weighted by atomic mass is 9.49. The summed E-state index contributed by atoms with van der Waals surface area (Å²) in [4.78, 5) is 24.8. The van der Waals surface area contributed by atoms with E-state index in [9.17, 15) is 9.59 Å². The van der Waals surface area contributed by atoms with E-state index in [0.29, 0.717) is 31.5 Å². The van der Waals surface area contributed by atoms with Crippen LogP contribution in [0.15, 0.2) is 0 Å². The Hall–Kier alpha value is -1.06. The van der Waals surface area contributed by atoms with Crippen LogP contribution in [0.1, 0.15) is 213 Å². The molecule has 4 aliphatic carbocycles. The SMILES string of the molecule is CCCCCC(CCCCC)CCOC(=O)CCCCCCCC(C)CCCCCCCCOC(=O)CC12CC3CC(CC(C3)C1)C2. The maximum atomic E-state index is 12.6. The molecule has 0 spiro atoms. The Labute approximate surface area is 292 Å².